The number of hydrogen-bond donors (Lipinski definition) is 1. The number of furan rings is 1. The zero-order chi connectivity index (χ0) is 18.6. The van der Waals surface area contributed by atoms with E-state index in [1.165, 1.54) is 6.26 Å². The zero-order valence-electron chi connectivity index (χ0n) is 14.7. The van der Waals surface area contributed by atoms with Crippen LogP contribution in [-0.4, -0.2) is 71.1 Å². The minimum absolute atomic E-state index is 0.201. The summed E-state index contributed by atoms with van der Waals surface area (Å²) in [4.78, 5) is 39.7. The molecule has 1 saturated carbocycles. The Bertz CT molecular complexity index is 643. The van der Waals surface area contributed by atoms with Crippen molar-refractivity contribution in [1.29, 1.82) is 0 Å². The van der Waals surface area contributed by atoms with Gasteiger partial charge in [0.05, 0.1) is 6.26 Å². The Hall–Kier alpha value is -2.35. The van der Waals surface area contributed by atoms with Crippen molar-refractivity contribution in [2.75, 3.05) is 32.8 Å². The maximum absolute atomic E-state index is 12.2. The number of amides is 2. The average molecular weight is 364 g/mol. The molecule has 8 heteroatoms. The van der Waals surface area contributed by atoms with E-state index in [0.717, 1.165) is 19.3 Å². The summed E-state index contributed by atoms with van der Waals surface area (Å²) in [7, 11) is 0. The highest BCUT2D eigenvalue weighted by Crippen LogP contribution is 2.29. The first-order chi connectivity index (χ1) is 12.5. The van der Waals surface area contributed by atoms with E-state index in [1.54, 1.807) is 21.9 Å². The second kappa shape index (κ2) is 7.90. The van der Waals surface area contributed by atoms with Gasteiger partial charge in [0.2, 0.25) is 0 Å². The van der Waals surface area contributed by atoms with Gasteiger partial charge in [-0.25, -0.2) is 4.79 Å². The Kier molecular flexibility index (Phi) is 5.61. The Balaban J connectivity index is 1.43. The fraction of sp³-hybridized carbons (Fsp3) is 0.611. The Morgan fingerprint density at radius 3 is 2.35 bits per heavy atom. The monoisotopic (exact) mass is 364 g/mol. The lowest BCUT2D eigenvalue weighted by Gasteiger charge is -2.34. The average Bonchev–Trinajstić information content (AvgIpc) is 3.20. The van der Waals surface area contributed by atoms with Gasteiger partial charge in [-0.2, -0.15) is 0 Å². The van der Waals surface area contributed by atoms with Crippen LogP contribution in [0, 0.1) is 0 Å². The summed E-state index contributed by atoms with van der Waals surface area (Å²) in [6.07, 6.45) is 4.77. The van der Waals surface area contributed by atoms with Gasteiger partial charge >= 0.3 is 5.97 Å². The second-order valence-electron chi connectivity index (χ2n) is 6.82. The summed E-state index contributed by atoms with van der Waals surface area (Å²) >= 11 is 0. The Morgan fingerprint density at radius 2 is 1.73 bits per heavy atom. The van der Waals surface area contributed by atoms with E-state index in [1.807, 2.05) is 0 Å². The number of carbonyl (C=O) groups is 3. The van der Waals surface area contributed by atoms with Crippen LogP contribution in [-0.2, 0) is 14.3 Å². The first-order valence-corrected chi connectivity index (χ1v) is 9.00. The first-order valence-electron chi connectivity index (χ1n) is 9.00. The van der Waals surface area contributed by atoms with Crippen LogP contribution in [0.4, 0.5) is 0 Å². The van der Waals surface area contributed by atoms with Crippen LogP contribution in [0.2, 0.25) is 0 Å². The maximum atomic E-state index is 12.2. The molecule has 0 unspecified atom stereocenters. The van der Waals surface area contributed by atoms with Crippen LogP contribution in [0.3, 0.4) is 0 Å². The maximum Gasteiger partial charge on any atom is 0.338 e. The molecular weight excluding hydrogens is 340 g/mol. The molecule has 26 heavy (non-hydrogen) atoms. The molecule has 0 bridgehead atoms. The standard InChI is InChI=1S/C18H24N2O6/c21-15(13-26-17(23)18(24)6-2-1-3-7-18)19-8-10-20(11-9-19)16(22)14-5-4-12-25-14/h4-5,12,24H,1-3,6-11,13H2. The topological polar surface area (TPSA) is 100 Å². The number of nitrogens with zero attached hydrogens (tertiary/aromatic N) is 2. The zero-order valence-corrected chi connectivity index (χ0v) is 14.7. The molecule has 2 aliphatic rings. The van der Waals surface area contributed by atoms with E-state index in [0.29, 0.717) is 39.0 Å². The second-order valence-corrected chi connectivity index (χ2v) is 6.82. The minimum atomic E-state index is -1.45. The number of piperazine rings is 1. The van der Waals surface area contributed by atoms with Crippen molar-refractivity contribution in [3.05, 3.63) is 24.2 Å². The van der Waals surface area contributed by atoms with Gasteiger partial charge in [0, 0.05) is 26.2 Å². The molecule has 8 nitrogen and oxygen atoms in total. The van der Waals surface area contributed by atoms with Crippen LogP contribution in [0.15, 0.2) is 22.8 Å². The van der Waals surface area contributed by atoms with Crippen LogP contribution in [0.5, 0.6) is 0 Å². The Morgan fingerprint density at radius 1 is 1.08 bits per heavy atom. The molecule has 1 aliphatic carbocycles. The van der Waals surface area contributed by atoms with Crippen LogP contribution in [0.1, 0.15) is 42.7 Å². The molecule has 1 saturated heterocycles. The largest absolute Gasteiger partial charge is 0.459 e. The van der Waals surface area contributed by atoms with E-state index in [9.17, 15) is 19.5 Å². The molecule has 1 aromatic heterocycles. The van der Waals surface area contributed by atoms with Crippen LogP contribution in [0.25, 0.3) is 0 Å². The van der Waals surface area contributed by atoms with Gasteiger partial charge in [-0.05, 0) is 37.8 Å². The van der Waals surface area contributed by atoms with E-state index in [2.05, 4.69) is 0 Å². The molecule has 1 N–H and O–H groups in total. The lowest BCUT2D eigenvalue weighted by atomic mass is 9.85. The fourth-order valence-corrected chi connectivity index (χ4v) is 3.41. The highest BCUT2D eigenvalue weighted by Gasteiger charge is 2.39. The number of aliphatic hydroxyl groups is 1. The summed E-state index contributed by atoms with van der Waals surface area (Å²) in [6.45, 7) is 1.14. The van der Waals surface area contributed by atoms with Crippen molar-refractivity contribution in [1.82, 2.24) is 9.80 Å². The van der Waals surface area contributed by atoms with Crippen molar-refractivity contribution in [2.24, 2.45) is 0 Å². The smallest absolute Gasteiger partial charge is 0.338 e. The van der Waals surface area contributed by atoms with E-state index in [-0.39, 0.29) is 24.2 Å². The minimum Gasteiger partial charge on any atom is -0.459 e. The van der Waals surface area contributed by atoms with Crippen LogP contribution >= 0.6 is 0 Å². The number of ether oxygens (including phenoxy) is 1. The van der Waals surface area contributed by atoms with Crippen molar-refractivity contribution < 1.29 is 28.6 Å². The predicted molar refractivity (Wildman–Crippen MR) is 90.2 cm³/mol. The number of hydrogen-bond acceptors (Lipinski definition) is 6. The highest BCUT2D eigenvalue weighted by molar-refractivity contribution is 5.91. The number of rotatable bonds is 4. The van der Waals surface area contributed by atoms with Gasteiger partial charge in [-0.3, -0.25) is 9.59 Å². The third-order valence-corrected chi connectivity index (χ3v) is 5.04. The van der Waals surface area contributed by atoms with Crippen LogP contribution < -0.4 is 0 Å². The molecule has 1 aliphatic heterocycles. The van der Waals surface area contributed by atoms with Gasteiger partial charge in [0.25, 0.3) is 11.8 Å². The summed E-state index contributed by atoms with van der Waals surface area (Å²) in [5, 5.41) is 10.3. The van der Waals surface area contributed by atoms with Gasteiger partial charge in [-0.15, -0.1) is 0 Å². The molecule has 2 heterocycles. The number of esters is 1. The van der Waals surface area contributed by atoms with E-state index in [4.69, 9.17) is 9.15 Å². The van der Waals surface area contributed by atoms with Gasteiger partial charge in [-0.1, -0.05) is 6.42 Å². The summed E-state index contributed by atoms with van der Waals surface area (Å²) < 4.78 is 10.2. The molecule has 0 spiro atoms. The van der Waals surface area contributed by atoms with E-state index < -0.39 is 11.6 Å². The van der Waals surface area contributed by atoms with Gasteiger partial charge in [0.15, 0.2) is 18.0 Å². The predicted octanol–water partition coefficient (Wildman–Crippen LogP) is 0.802. The quantitative estimate of drug-likeness (QED) is 0.794. The fourth-order valence-electron chi connectivity index (χ4n) is 3.41. The normalized spacial score (nSPS) is 19.9. The summed E-state index contributed by atoms with van der Waals surface area (Å²) in [5.41, 5.74) is -1.45. The third kappa shape index (κ3) is 4.07. The molecule has 1 aromatic rings. The first kappa shape index (κ1) is 18.4. The van der Waals surface area contributed by atoms with Crippen molar-refractivity contribution in [2.45, 2.75) is 37.7 Å². The summed E-state index contributed by atoms with van der Waals surface area (Å²) in [6, 6.07) is 3.26. The van der Waals surface area contributed by atoms with Crippen molar-refractivity contribution >= 4 is 17.8 Å². The molecule has 0 atom stereocenters. The lowest BCUT2D eigenvalue weighted by Crippen LogP contribution is -2.52. The molecule has 142 valence electrons. The number of carbonyl (C=O) groups excluding carboxylic acids is 3. The van der Waals surface area contributed by atoms with E-state index >= 15 is 0 Å². The molecule has 2 amide bonds. The molecule has 2 fully saturated rings. The molecule has 0 radical (unpaired) electrons. The van der Waals surface area contributed by atoms with Gasteiger partial charge < -0.3 is 24.1 Å². The van der Waals surface area contributed by atoms with Gasteiger partial charge in [0.1, 0.15) is 0 Å². The molecular formula is C18H24N2O6. The lowest BCUT2D eigenvalue weighted by molar-refractivity contribution is -0.172. The SMILES string of the molecule is O=C(COC(=O)C1(O)CCCCC1)N1CCN(C(=O)c2ccco2)CC1. The van der Waals surface area contributed by atoms with Crippen molar-refractivity contribution in [3.8, 4) is 0 Å². The summed E-state index contributed by atoms with van der Waals surface area (Å²) in [5.74, 6) is -0.951. The van der Waals surface area contributed by atoms with Crippen molar-refractivity contribution in [3.63, 3.8) is 0 Å². The third-order valence-electron chi connectivity index (χ3n) is 5.04. The molecule has 3 rings (SSSR count). The Labute approximate surface area is 151 Å². The highest BCUT2D eigenvalue weighted by atomic mass is 16.6. The molecule has 0 aromatic carbocycles.